The van der Waals surface area contributed by atoms with E-state index in [2.05, 4.69) is 59.7 Å². The van der Waals surface area contributed by atoms with Gasteiger partial charge in [-0.25, -0.2) is 9.78 Å². The van der Waals surface area contributed by atoms with Gasteiger partial charge >= 0.3 is 6.09 Å². The molecule has 1 aromatic heterocycles. The third kappa shape index (κ3) is 4.70. The van der Waals surface area contributed by atoms with Crippen LogP contribution in [0.5, 0.6) is 5.88 Å². The van der Waals surface area contributed by atoms with Crippen LogP contribution in [-0.4, -0.2) is 36.9 Å². The van der Waals surface area contributed by atoms with Gasteiger partial charge in [-0.15, -0.1) is 0 Å². The molecule has 3 aromatic rings. The van der Waals surface area contributed by atoms with E-state index in [1.165, 1.54) is 0 Å². The number of likely N-dealkylation sites (N-methyl/N-ethyl adjacent to an activating group) is 1. The molecular formula is C29H33N3O3. The summed E-state index contributed by atoms with van der Waals surface area (Å²) >= 11 is 0. The molecule has 2 aliphatic rings. The minimum absolute atomic E-state index is 0.370. The van der Waals surface area contributed by atoms with Crippen molar-refractivity contribution < 1.29 is 14.3 Å². The molecule has 35 heavy (non-hydrogen) atoms. The predicted octanol–water partition coefficient (Wildman–Crippen LogP) is 6.15. The van der Waals surface area contributed by atoms with Crippen molar-refractivity contribution >= 4 is 11.8 Å². The number of hydrogen-bond donors (Lipinski definition) is 1. The third-order valence-electron chi connectivity index (χ3n) is 6.79. The molecule has 0 bridgehead atoms. The normalized spacial score (nSPS) is 16.5. The summed E-state index contributed by atoms with van der Waals surface area (Å²) in [4.78, 5) is 19.7. The molecule has 0 radical (unpaired) electrons. The highest BCUT2D eigenvalue weighted by molar-refractivity contribution is 5.85. The van der Waals surface area contributed by atoms with Crippen LogP contribution in [0.15, 0.2) is 60.7 Å². The van der Waals surface area contributed by atoms with Gasteiger partial charge in [-0.2, -0.15) is 0 Å². The van der Waals surface area contributed by atoms with Gasteiger partial charge in [0.1, 0.15) is 17.9 Å². The van der Waals surface area contributed by atoms with E-state index >= 15 is 0 Å². The van der Waals surface area contributed by atoms with Crippen LogP contribution in [0.1, 0.15) is 45.6 Å². The molecule has 6 nitrogen and oxygen atoms in total. The number of alkyl carbamates (subject to hydrolysis) is 1. The Kier molecular flexibility index (Phi) is 5.91. The Bertz CT molecular complexity index is 1210. The third-order valence-corrected chi connectivity index (χ3v) is 6.79. The molecule has 1 amide bonds. The summed E-state index contributed by atoms with van der Waals surface area (Å²) in [5.74, 6) is 0.666. The van der Waals surface area contributed by atoms with Gasteiger partial charge < -0.3 is 19.7 Å². The van der Waals surface area contributed by atoms with E-state index in [0.717, 1.165) is 59.4 Å². The molecule has 0 atom stereocenters. The zero-order valence-corrected chi connectivity index (χ0v) is 20.9. The number of carbonyl (C=O) groups excluding carboxylic acids is 1. The number of carbonyl (C=O) groups is 1. The average Bonchev–Trinajstić information content (AvgIpc) is 2.81. The van der Waals surface area contributed by atoms with Crippen molar-refractivity contribution in [2.45, 2.75) is 51.2 Å². The van der Waals surface area contributed by atoms with E-state index in [-0.39, 0.29) is 11.6 Å². The first-order chi connectivity index (χ1) is 16.7. The number of pyridine rings is 1. The van der Waals surface area contributed by atoms with Crippen LogP contribution < -0.4 is 15.0 Å². The second-order valence-corrected chi connectivity index (χ2v) is 10.5. The molecule has 1 N–H and O–H groups in total. The number of nitrogens with one attached hydrogen (secondary N) is 1. The Morgan fingerprint density at radius 1 is 1.06 bits per heavy atom. The quantitative estimate of drug-likeness (QED) is 0.495. The summed E-state index contributed by atoms with van der Waals surface area (Å²) < 4.78 is 11.5. The van der Waals surface area contributed by atoms with Crippen LogP contribution in [0.25, 0.3) is 22.4 Å². The van der Waals surface area contributed by atoms with Gasteiger partial charge in [-0.3, -0.25) is 0 Å². The molecule has 2 heterocycles. The molecule has 6 heteroatoms. The Labute approximate surface area is 207 Å². The van der Waals surface area contributed by atoms with Crippen LogP contribution in [0.2, 0.25) is 0 Å². The number of benzene rings is 2. The van der Waals surface area contributed by atoms with Crippen LogP contribution in [0.4, 0.5) is 10.5 Å². The molecule has 0 spiro atoms. The van der Waals surface area contributed by atoms with Crippen molar-refractivity contribution in [2.75, 3.05) is 25.1 Å². The topological polar surface area (TPSA) is 63.7 Å². The average molecular weight is 472 g/mol. The number of anilines is 1. The fourth-order valence-corrected chi connectivity index (χ4v) is 4.79. The summed E-state index contributed by atoms with van der Waals surface area (Å²) in [6.07, 6.45) is 2.51. The highest BCUT2D eigenvalue weighted by atomic mass is 16.6. The predicted molar refractivity (Wildman–Crippen MR) is 139 cm³/mol. The molecule has 1 saturated carbocycles. The summed E-state index contributed by atoms with van der Waals surface area (Å²) in [6, 6.07) is 20.9. The molecule has 0 saturated heterocycles. The fraction of sp³-hybridized carbons (Fsp3) is 0.379. The first-order valence-corrected chi connectivity index (χ1v) is 12.3. The van der Waals surface area contributed by atoms with Gasteiger partial charge in [0.15, 0.2) is 0 Å². The summed E-state index contributed by atoms with van der Waals surface area (Å²) in [5, 5.41) is 3.14. The lowest BCUT2D eigenvalue weighted by Crippen LogP contribution is -2.52. The Morgan fingerprint density at radius 2 is 1.77 bits per heavy atom. The second-order valence-electron chi connectivity index (χ2n) is 10.5. The van der Waals surface area contributed by atoms with Crippen LogP contribution in [0, 0.1) is 0 Å². The zero-order chi connectivity index (χ0) is 24.6. The highest BCUT2D eigenvalue weighted by Crippen LogP contribution is 2.43. The largest absolute Gasteiger partial charge is 0.474 e. The van der Waals surface area contributed by atoms with E-state index in [1.54, 1.807) is 0 Å². The molecule has 0 unspecified atom stereocenters. The van der Waals surface area contributed by atoms with Crippen molar-refractivity contribution in [2.24, 2.45) is 0 Å². The van der Waals surface area contributed by atoms with Crippen LogP contribution in [-0.2, 0) is 10.3 Å². The molecule has 1 aliphatic carbocycles. The number of aromatic nitrogens is 1. The molecule has 2 aromatic carbocycles. The molecule has 182 valence electrons. The van der Waals surface area contributed by atoms with Crippen molar-refractivity contribution in [3.8, 4) is 28.3 Å². The molecule has 1 fully saturated rings. The summed E-state index contributed by atoms with van der Waals surface area (Å²) in [7, 11) is 2.07. The van der Waals surface area contributed by atoms with E-state index in [0.29, 0.717) is 12.5 Å². The van der Waals surface area contributed by atoms with Crippen LogP contribution >= 0.6 is 0 Å². The monoisotopic (exact) mass is 471 g/mol. The minimum atomic E-state index is -0.527. The number of rotatable bonds is 4. The van der Waals surface area contributed by atoms with Crippen molar-refractivity contribution in [3.63, 3.8) is 0 Å². The van der Waals surface area contributed by atoms with Gasteiger partial charge in [0.05, 0.1) is 17.8 Å². The number of amides is 1. The van der Waals surface area contributed by atoms with Gasteiger partial charge in [-0.05, 0) is 57.2 Å². The number of fused-ring (bicyclic) bond motifs is 1. The number of ether oxygens (including phenoxy) is 2. The first-order valence-electron chi connectivity index (χ1n) is 12.3. The molecule has 5 rings (SSSR count). The lowest BCUT2D eigenvalue weighted by Gasteiger charge is -2.43. The van der Waals surface area contributed by atoms with Gasteiger partial charge in [0.2, 0.25) is 5.88 Å². The minimum Gasteiger partial charge on any atom is -0.474 e. The van der Waals surface area contributed by atoms with E-state index in [4.69, 9.17) is 14.5 Å². The van der Waals surface area contributed by atoms with E-state index in [9.17, 15) is 4.79 Å². The van der Waals surface area contributed by atoms with E-state index in [1.807, 2.05) is 39.0 Å². The SMILES string of the molecule is CN1CCOc2nc(-c3ccc(C4(NC(=O)OC(C)(C)C)CCC4)cc3)c(-c3ccccc3)cc21. The van der Waals surface area contributed by atoms with Crippen molar-refractivity contribution in [1.82, 2.24) is 10.3 Å². The smallest absolute Gasteiger partial charge is 0.408 e. The van der Waals surface area contributed by atoms with Gasteiger partial charge in [0, 0.05) is 18.2 Å². The Morgan fingerprint density at radius 3 is 2.40 bits per heavy atom. The van der Waals surface area contributed by atoms with E-state index < -0.39 is 5.60 Å². The maximum Gasteiger partial charge on any atom is 0.408 e. The Balaban J connectivity index is 1.50. The second kappa shape index (κ2) is 8.91. The Hall–Kier alpha value is -3.54. The fourth-order valence-electron chi connectivity index (χ4n) is 4.79. The maximum absolute atomic E-state index is 12.5. The number of nitrogens with zero attached hydrogens (tertiary/aromatic N) is 2. The van der Waals surface area contributed by atoms with Crippen molar-refractivity contribution in [1.29, 1.82) is 0 Å². The number of hydrogen-bond acceptors (Lipinski definition) is 5. The summed E-state index contributed by atoms with van der Waals surface area (Å²) in [5.41, 5.74) is 5.28. The van der Waals surface area contributed by atoms with Gasteiger partial charge in [0.25, 0.3) is 0 Å². The molecular weight excluding hydrogens is 438 g/mol. The lowest BCUT2D eigenvalue weighted by molar-refractivity contribution is 0.0377. The van der Waals surface area contributed by atoms with Gasteiger partial charge in [-0.1, -0.05) is 54.6 Å². The highest BCUT2D eigenvalue weighted by Gasteiger charge is 2.41. The van der Waals surface area contributed by atoms with Crippen molar-refractivity contribution in [3.05, 3.63) is 66.2 Å². The maximum atomic E-state index is 12.5. The molecule has 1 aliphatic heterocycles. The standard InChI is InChI=1S/C29H33N3O3/c1-28(2,3)35-27(33)31-29(15-8-16-29)22-13-11-21(12-14-22)25-23(20-9-6-5-7-10-20)19-24-26(30-25)34-18-17-32(24)4/h5-7,9-14,19H,8,15-18H2,1-4H3,(H,31,33). The summed E-state index contributed by atoms with van der Waals surface area (Å²) in [6.45, 7) is 7.10. The zero-order valence-electron chi connectivity index (χ0n) is 20.9. The lowest BCUT2D eigenvalue weighted by atomic mass is 9.71. The van der Waals surface area contributed by atoms with Crippen LogP contribution in [0.3, 0.4) is 0 Å². The first kappa shape index (κ1) is 23.2.